The van der Waals surface area contributed by atoms with E-state index in [1.54, 1.807) is 6.07 Å². The first-order valence-electron chi connectivity index (χ1n) is 8.22. The molecule has 5 heteroatoms. The topological polar surface area (TPSA) is 58.2 Å². The van der Waals surface area contributed by atoms with Crippen LogP contribution in [0.2, 0.25) is 0 Å². The van der Waals surface area contributed by atoms with E-state index >= 15 is 0 Å². The van der Waals surface area contributed by atoms with Crippen molar-refractivity contribution in [2.45, 2.75) is 33.7 Å². The van der Waals surface area contributed by atoms with Crippen LogP contribution in [0.5, 0.6) is 0 Å². The Balaban J connectivity index is 2.15. The summed E-state index contributed by atoms with van der Waals surface area (Å²) in [7, 11) is 0. The molecule has 0 aromatic heterocycles. The average Bonchev–Trinajstić information content (AvgIpc) is 2.51. The average molecular weight is 342 g/mol. The van der Waals surface area contributed by atoms with Gasteiger partial charge < -0.3 is 10.6 Å². The number of benzene rings is 2. The lowest BCUT2D eigenvalue weighted by Crippen LogP contribution is -2.47. The van der Waals surface area contributed by atoms with Crippen LogP contribution in [0.25, 0.3) is 0 Å². The first-order chi connectivity index (χ1) is 11.8. The van der Waals surface area contributed by atoms with Gasteiger partial charge in [-0.05, 0) is 55.2 Å². The maximum atomic E-state index is 13.8. The SMILES string of the molecule is Cc1cc(C)cc(NC(=O)[C@@H](NC(=O)c2ccccc2F)C(C)C)c1. The van der Waals surface area contributed by atoms with E-state index < -0.39 is 17.8 Å². The Morgan fingerprint density at radius 1 is 1.00 bits per heavy atom. The van der Waals surface area contributed by atoms with Crippen molar-refractivity contribution in [3.63, 3.8) is 0 Å². The molecule has 2 N–H and O–H groups in total. The van der Waals surface area contributed by atoms with Crippen LogP contribution < -0.4 is 10.6 Å². The second kappa shape index (κ2) is 7.92. The number of carbonyl (C=O) groups is 2. The zero-order chi connectivity index (χ0) is 18.6. The molecule has 0 radical (unpaired) electrons. The molecule has 1 atom stereocenters. The highest BCUT2D eigenvalue weighted by Gasteiger charge is 2.25. The number of carbonyl (C=O) groups excluding carboxylic acids is 2. The predicted octanol–water partition coefficient (Wildman–Crippen LogP) is 3.84. The summed E-state index contributed by atoms with van der Waals surface area (Å²) in [4.78, 5) is 24.9. The van der Waals surface area contributed by atoms with E-state index in [-0.39, 0.29) is 17.4 Å². The van der Waals surface area contributed by atoms with Gasteiger partial charge in [-0.2, -0.15) is 0 Å². The van der Waals surface area contributed by atoms with Crippen molar-refractivity contribution in [3.05, 3.63) is 65.0 Å². The molecule has 0 aliphatic carbocycles. The molecule has 2 rings (SSSR count). The van der Waals surface area contributed by atoms with Gasteiger partial charge in [0.25, 0.3) is 5.91 Å². The van der Waals surface area contributed by atoms with Crippen LogP contribution in [0.1, 0.15) is 35.3 Å². The molecule has 0 heterocycles. The Morgan fingerprint density at radius 2 is 1.60 bits per heavy atom. The monoisotopic (exact) mass is 342 g/mol. The standard InChI is InChI=1S/C20H23FN2O2/c1-12(2)18(23-19(24)16-7-5-6-8-17(16)21)20(25)22-15-10-13(3)9-14(4)11-15/h5-12,18H,1-4H3,(H,22,25)(H,23,24)/t18-/m0/s1. The molecular formula is C20H23FN2O2. The van der Waals surface area contributed by atoms with Gasteiger partial charge in [0.2, 0.25) is 5.91 Å². The third-order valence-electron chi connectivity index (χ3n) is 3.84. The van der Waals surface area contributed by atoms with Gasteiger partial charge >= 0.3 is 0 Å². The van der Waals surface area contributed by atoms with Crippen LogP contribution >= 0.6 is 0 Å². The summed E-state index contributed by atoms with van der Waals surface area (Å²) in [5.74, 6) is -1.70. The molecule has 2 aromatic rings. The molecule has 0 unspecified atom stereocenters. The third kappa shape index (κ3) is 4.89. The van der Waals surface area contributed by atoms with Crippen LogP contribution in [0, 0.1) is 25.6 Å². The van der Waals surface area contributed by atoms with Crippen LogP contribution in [-0.4, -0.2) is 17.9 Å². The molecule has 132 valence electrons. The summed E-state index contributed by atoms with van der Waals surface area (Å²) >= 11 is 0. The van der Waals surface area contributed by atoms with E-state index in [0.29, 0.717) is 5.69 Å². The van der Waals surface area contributed by atoms with E-state index in [9.17, 15) is 14.0 Å². The quantitative estimate of drug-likeness (QED) is 0.867. The Morgan fingerprint density at radius 3 is 2.16 bits per heavy atom. The minimum absolute atomic E-state index is 0.0765. The summed E-state index contributed by atoms with van der Waals surface area (Å²) in [6.07, 6.45) is 0. The van der Waals surface area contributed by atoms with Crippen LogP contribution in [-0.2, 0) is 4.79 Å². The van der Waals surface area contributed by atoms with Crippen molar-refractivity contribution in [1.29, 1.82) is 0 Å². The van der Waals surface area contributed by atoms with Gasteiger partial charge in [0.15, 0.2) is 0 Å². The number of anilines is 1. The molecule has 0 spiro atoms. The molecule has 0 aliphatic rings. The normalized spacial score (nSPS) is 11.9. The minimum Gasteiger partial charge on any atom is -0.340 e. The van der Waals surface area contributed by atoms with Crippen molar-refractivity contribution in [2.75, 3.05) is 5.32 Å². The van der Waals surface area contributed by atoms with Crippen molar-refractivity contribution in [3.8, 4) is 0 Å². The Hall–Kier alpha value is -2.69. The minimum atomic E-state index is -0.770. The molecule has 25 heavy (non-hydrogen) atoms. The number of aryl methyl sites for hydroxylation is 2. The van der Waals surface area contributed by atoms with Gasteiger partial charge in [0, 0.05) is 5.69 Å². The molecule has 2 aromatic carbocycles. The van der Waals surface area contributed by atoms with Crippen molar-refractivity contribution in [2.24, 2.45) is 5.92 Å². The van der Waals surface area contributed by atoms with Crippen molar-refractivity contribution in [1.82, 2.24) is 5.32 Å². The highest BCUT2D eigenvalue weighted by molar-refractivity contribution is 6.01. The van der Waals surface area contributed by atoms with Gasteiger partial charge in [-0.3, -0.25) is 9.59 Å². The molecule has 2 amide bonds. The van der Waals surface area contributed by atoms with E-state index in [0.717, 1.165) is 11.1 Å². The highest BCUT2D eigenvalue weighted by Crippen LogP contribution is 2.16. The van der Waals surface area contributed by atoms with Gasteiger partial charge in [0.1, 0.15) is 11.9 Å². The number of hydrogen-bond donors (Lipinski definition) is 2. The van der Waals surface area contributed by atoms with Crippen LogP contribution in [0.4, 0.5) is 10.1 Å². The first kappa shape index (κ1) is 18.6. The lowest BCUT2D eigenvalue weighted by atomic mass is 10.0. The van der Waals surface area contributed by atoms with Gasteiger partial charge in [-0.25, -0.2) is 4.39 Å². The fourth-order valence-corrected chi connectivity index (χ4v) is 2.67. The number of halogens is 1. The first-order valence-corrected chi connectivity index (χ1v) is 8.22. The maximum Gasteiger partial charge on any atom is 0.254 e. The summed E-state index contributed by atoms with van der Waals surface area (Å²) < 4.78 is 13.8. The van der Waals surface area contributed by atoms with Crippen LogP contribution in [0.15, 0.2) is 42.5 Å². The van der Waals surface area contributed by atoms with Crippen molar-refractivity contribution < 1.29 is 14.0 Å². The van der Waals surface area contributed by atoms with Gasteiger partial charge in [-0.15, -0.1) is 0 Å². The molecule has 4 nitrogen and oxygen atoms in total. The molecule has 0 bridgehead atoms. The van der Waals surface area contributed by atoms with Crippen molar-refractivity contribution >= 4 is 17.5 Å². The molecular weight excluding hydrogens is 319 g/mol. The predicted molar refractivity (Wildman–Crippen MR) is 97.0 cm³/mol. The van der Waals surface area contributed by atoms with Gasteiger partial charge in [0.05, 0.1) is 5.56 Å². The molecule has 0 aliphatic heterocycles. The molecule has 0 saturated carbocycles. The Labute approximate surface area is 147 Å². The summed E-state index contributed by atoms with van der Waals surface area (Å²) in [5.41, 5.74) is 2.67. The number of amides is 2. The number of rotatable bonds is 5. The zero-order valence-electron chi connectivity index (χ0n) is 14.9. The molecule has 0 saturated heterocycles. The van der Waals surface area contributed by atoms with E-state index in [1.807, 2.05) is 45.9 Å². The Bertz CT molecular complexity index is 767. The smallest absolute Gasteiger partial charge is 0.254 e. The van der Waals surface area contributed by atoms with Crippen LogP contribution in [0.3, 0.4) is 0 Å². The van der Waals surface area contributed by atoms with E-state index in [1.165, 1.54) is 18.2 Å². The number of hydrogen-bond acceptors (Lipinski definition) is 2. The fraction of sp³-hybridized carbons (Fsp3) is 0.300. The lowest BCUT2D eigenvalue weighted by Gasteiger charge is -2.22. The maximum absolute atomic E-state index is 13.8. The largest absolute Gasteiger partial charge is 0.340 e. The second-order valence-electron chi connectivity index (χ2n) is 6.54. The highest BCUT2D eigenvalue weighted by atomic mass is 19.1. The fourth-order valence-electron chi connectivity index (χ4n) is 2.67. The summed E-state index contributed by atoms with van der Waals surface area (Å²) in [6.45, 7) is 7.55. The molecule has 0 fully saturated rings. The number of nitrogens with one attached hydrogen (secondary N) is 2. The zero-order valence-corrected chi connectivity index (χ0v) is 14.9. The third-order valence-corrected chi connectivity index (χ3v) is 3.84. The summed E-state index contributed by atoms with van der Waals surface area (Å²) in [5, 5.41) is 5.46. The second-order valence-corrected chi connectivity index (χ2v) is 6.54. The Kier molecular flexibility index (Phi) is 5.91. The van der Waals surface area contributed by atoms with E-state index in [2.05, 4.69) is 10.6 Å². The van der Waals surface area contributed by atoms with E-state index in [4.69, 9.17) is 0 Å². The summed E-state index contributed by atoms with van der Waals surface area (Å²) in [6, 6.07) is 10.7. The lowest BCUT2D eigenvalue weighted by molar-refractivity contribution is -0.118. The van der Waals surface area contributed by atoms with Gasteiger partial charge in [-0.1, -0.05) is 32.0 Å².